The van der Waals surface area contributed by atoms with Crippen LogP contribution in [0, 0.1) is 9.49 Å². The highest BCUT2D eigenvalue weighted by molar-refractivity contribution is 14.1. The molecule has 5 nitrogen and oxygen atoms in total. The van der Waals surface area contributed by atoms with Crippen molar-refractivity contribution < 1.29 is 14.3 Å². The Bertz CT molecular complexity index is 749. The molecule has 2 aromatic rings. The summed E-state index contributed by atoms with van der Waals surface area (Å²) in [5.74, 6) is 0.369. The zero-order valence-electron chi connectivity index (χ0n) is 14.4. The lowest BCUT2D eigenvalue weighted by Crippen LogP contribution is -2.45. The van der Waals surface area contributed by atoms with E-state index in [9.17, 15) is 9.59 Å². The first-order chi connectivity index (χ1) is 12.6. The Hall–Kier alpha value is -2.09. The molecule has 0 bridgehead atoms. The lowest BCUT2D eigenvalue weighted by Gasteiger charge is -2.32. The molecule has 0 aromatic heterocycles. The molecule has 1 aliphatic rings. The van der Waals surface area contributed by atoms with Crippen LogP contribution in [-0.2, 0) is 9.59 Å². The number of para-hydroxylation sites is 1. The second-order valence-electron chi connectivity index (χ2n) is 6.28. The predicted molar refractivity (Wildman–Crippen MR) is 109 cm³/mol. The first kappa shape index (κ1) is 18.7. The number of carbonyl (C=O) groups excluding carboxylic acids is 2. The minimum absolute atomic E-state index is 0.00633. The normalized spacial score (nSPS) is 16.8. The predicted octanol–water partition coefficient (Wildman–Crippen LogP) is 3.55. The minimum atomic E-state index is -0.189. The van der Waals surface area contributed by atoms with E-state index in [1.54, 1.807) is 4.90 Å². The third-order valence-corrected chi connectivity index (χ3v) is 5.08. The topological polar surface area (TPSA) is 58.6 Å². The van der Waals surface area contributed by atoms with Crippen molar-refractivity contribution >= 4 is 40.1 Å². The number of rotatable bonds is 5. The summed E-state index contributed by atoms with van der Waals surface area (Å²) in [4.78, 5) is 26.6. The van der Waals surface area contributed by atoms with Gasteiger partial charge >= 0.3 is 0 Å². The van der Waals surface area contributed by atoms with Crippen LogP contribution >= 0.6 is 22.6 Å². The van der Waals surface area contributed by atoms with Crippen LogP contribution in [0.3, 0.4) is 0 Å². The van der Waals surface area contributed by atoms with Crippen molar-refractivity contribution in [1.29, 1.82) is 0 Å². The van der Waals surface area contributed by atoms with Gasteiger partial charge in [-0.2, -0.15) is 0 Å². The second kappa shape index (κ2) is 9.02. The van der Waals surface area contributed by atoms with Crippen molar-refractivity contribution in [2.45, 2.75) is 12.8 Å². The van der Waals surface area contributed by atoms with Crippen LogP contribution in [0.2, 0.25) is 0 Å². The molecule has 3 rings (SSSR count). The summed E-state index contributed by atoms with van der Waals surface area (Å²) in [7, 11) is 0. The summed E-state index contributed by atoms with van der Waals surface area (Å²) >= 11 is 2.22. The number of halogens is 1. The summed E-state index contributed by atoms with van der Waals surface area (Å²) in [6.07, 6.45) is 1.61. The van der Waals surface area contributed by atoms with Gasteiger partial charge in [-0.1, -0.05) is 18.2 Å². The molecule has 0 aliphatic carbocycles. The highest BCUT2D eigenvalue weighted by Gasteiger charge is 2.28. The van der Waals surface area contributed by atoms with Crippen molar-refractivity contribution in [3.05, 3.63) is 58.2 Å². The number of hydrogen-bond donors (Lipinski definition) is 1. The number of hydrogen-bond acceptors (Lipinski definition) is 3. The van der Waals surface area contributed by atoms with Gasteiger partial charge in [0, 0.05) is 22.3 Å². The molecule has 0 saturated carbocycles. The smallest absolute Gasteiger partial charge is 0.260 e. The molecule has 1 saturated heterocycles. The summed E-state index contributed by atoms with van der Waals surface area (Å²) in [6, 6.07) is 17.0. The minimum Gasteiger partial charge on any atom is -0.484 e. The lowest BCUT2D eigenvalue weighted by atomic mass is 9.97. The molecule has 26 heavy (non-hydrogen) atoms. The zero-order valence-corrected chi connectivity index (χ0v) is 16.5. The summed E-state index contributed by atoms with van der Waals surface area (Å²) < 4.78 is 6.69. The van der Waals surface area contributed by atoms with E-state index < -0.39 is 0 Å². The SMILES string of the molecule is O=C(Nc1ccccc1)C1CCCN(C(=O)COc2ccc(I)cc2)C1. The maximum absolute atomic E-state index is 12.5. The number of likely N-dealkylation sites (tertiary alicyclic amines) is 1. The Morgan fingerprint density at radius 3 is 2.58 bits per heavy atom. The van der Waals surface area contributed by atoms with E-state index in [2.05, 4.69) is 27.9 Å². The Balaban J connectivity index is 1.51. The van der Waals surface area contributed by atoms with E-state index in [-0.39, 0.29) is 24.3 Å². The van der Waals surface area contributed by atoms with Crippen LogP contribution in [0.15, 0.2) is 54.6 Å². The molecule has 6 heteroatoms. The van der Waals surface area contributed by atoms with E-state index in [1.165, 1.54) is 0 Å². The fourth-order valence-corrected chi connectivity index (χ4v) is 3.31. The van der Waals surface area contributed by atoms with Crippen LogP contribution in [0.25, 0.3) is 0 Å². The quantitative estimate of drug-likeness (QED) is 0.689. The molecule has 1 atom stereocenters. The van der Waals surface area contributed by atoms with Crippen molar-refractivity contribution in [3.63, 3.8) is 0 Å². The average Bonchev–Trinajstić information content (AvgIpc) is 2.68. The number of nitrogens with one attached hydrogen (secondary N) is 1. The molecule has 0 radical (unpaired) electrons. The van der Waals surface area contributed by atoms with Crippen LogP contribution in [-0.4, -0.2) is 36.4 Å². The number of amides is 2. The molecule has 0 spiro atoms. The Morgan fingerprint density at radius 1 is 1.12 bits per heavy atom. The number of anilines is 1. The molecular weight excluding hydrogens is 443 g/mol. The first-order valence-corrected chi connectivity index (χ1v) is 9.72. The van der Waals surface area contributed by atoms with Gasteiger partial charge < -0.3 is 15.0 Å². The molecule has 136 valence electrons. The number of ether oxygens (including phenoxy) is 1. The standard InChI is InChI=1S/C20H21IN2O3/c21-16-8-10-18(11-9-16)26-14-19(24)23-12-4-5-15(13-23)20(25)22-17-6-2-1-3-7-17/h1-3,6-11,15H,4-5,12-14H2,(H,22,25). The van der Waals surface area contributed by atoms with Crippen molar-refractivity contribution in [2.75, 3.05) is 25.0 Å². The summed E-state index contributed by atoms with van der Waals surface area (Å²) in [5, 5.41) is 2.93. The van der Waals surface area contributed by atoms with Gasteiger partial charge in [-0.05, 0) is 71.8 Å². The Kier molecular flexibility index (Phi) is 6.49. The third-order valence-electron chi connectivity index (χ3n) is 4.36. The van der Waals surface area contributed by atoms with E-state index in [4.69, 9.17) is 4.74 Å². The van der Waals surface area contributed by atoms with Crippen LogP contribution in [0.4, 0.5) is 5.69 Å². The number of piperidine rings is 1. The second-order valence-corrected chi connectivity index (χ2v) is 7.52. The van der Waals surface area contributed by atoms with Crippen molar-refractivity contribution in [3.8, 4) is 5.75 Å². The van der Waals surface area contributed by atoms with Crippen LogP contribution in [0.5, 0.6) is 5.75 Å². The van der Waals surface area contributed by atoms with Gasteiger partial charge in [0.2, 0.25) is 5.91 Å². The number of benzene rings is 2. The van der Waals surface area contributed by atoms with Crippen molar-refractivity contribution in [1.82, 2.24) is 4.90 Å². The molecule has 2 amide bonds. The van der Waals surface area contributed by atoms with E-state index in [0.717, 1.165) is 22.1 Å². The van der Waals surface area contributed by atoms with Gasteiger partial charge in [0.1, 0.15) is 5.75 Å². The van der Waals surface area contributed by atoms with Crippen LogP contribution in [0.1, 0.15) is 12.8 Å². The fourth-order valence-electron chi connectivity index (χ4n) is 2.95. The first-order valence-electron chi connectivity index (χ1n) is 8.64. The van der Waals surface area contributed by atoms with E-state index in [0.29, 0.717) is 18.8 Å². The van der Waals surface area contributed by atoms with Crippen molar-refractivity contribution in [2.24, 2.45) is 5.92 Å². The van der Waals surface area contributed by atoms with E-state index >= 15 is 0 Å². The zero-order chi connectivity index (χ0) is 18.4. The molecule has 1 aliphatic heterocycles. The average molecular weight is 464 g/mol. The largest absolute Gasteiger partial charge is 0.484 e. The van der Waals surface area contributed by atoms with Gasteiger partial charge in [-0.3, -0.25) is 9.59 Å². The highest BCUT2D eigenvalue weighted by atomic mass is 127. The van der Waals surface area contributed by atoms with Crippen LogP contribution < -0.4 is 10.1 Å². The number of carbonyl (C=O) groups is 2. The van der Waals surface area contributed by atoms with Gasteiger partial charge in [-0.25, -0.2) is 0 Å². The molecule has 1 unspecified atom stereocenters. The Morgan fingerprint density at radius 2 is 1.85 bits per heavy atom. The lowest BCUT2D eigenvalue weighted by molar-refractivity contribution is -0.136. The molecule has 1 fully saturated rings. The monoisotopic (exact) mass is 464 g/mol. The molecule has 2 aromatic carbocycles. The maximum atomic E-state index is 12.5. The van der Waals surface area contributed by atoms with Gasteiger partial charge in [0.25, 0.3) is 5.91 Å². The van der Waals surface area contributed by atoms with Gasteiger partial charge in [-0.15, -0.1) is 0 Å². The highest BCUT2D eigenvalue weighted by Crippen LogP contribution is 2.19. The number of nitrogens with zero attached hydrogens (tertiary/aromatic N) is 1. The molecule has 1 N–H and O–H groups in total. The molecular formula is C20H21IN2O3. The summed E-state index contributed by atoms with van der Waals surface area (Å²) in [5.41, 5.74) is 0.781. The Labute approximate surface area is 166 Å². The van der Waals surface area contributed by atoms with E-state index in [1.807, 2.05) is 54.6 Å². The van der Waals surface area contributed by atoms with Gasteiger partial charge in [0.15, 0.2) is 6.61 Å². The maximum Gasteiger partial charge on any atom is 0.260 e. The van der Waals surface area contributed by atoms with Gasteiger partial charge in [0.05, 0.1) is 5.92 Å². The fraction of sp³-hybridized carbons (Fsp3) is 0.300. The summed E-state index contributed by atoms with van der Waals surface area (Å²) in [6.45, 7) is 1.10. The third kappa shape index (κ3) is 5.20. The molecule has 1 heterocycles.